The lowest BCUT2D eigenvalue weighted by Crippen LogP contribution is -2.35. The molecule has 1 aromatic carbocycles. The number of alkyl halides is 3. The smallest absolute Gasteiger partial charge is 0.308 e. The number of aryl methyl sites for hydroxylation is 1. The van der Waals surface area contributed by atoms with Gasteiger partial charge in [-0.1, -0.05) is 18.2 Å². The average Bonchev–Trinajstić information content (AvgIpc) is 3.21. The van der Waals surface area contributed by atoms with Gasteiger partial charge in [-0.05, 0) is 41.9 Å². The molecule has 2 N–H and O–H groups in total. The van der Waals surface area contributed by atoms with Gasteiger partial charge in [0.25, 0.3) is 6.20 Å². The van der Waals surface area contributed by atoms with E-state index in [-0.39, 0.29) is 18.1 Å². The van der Waals surface area contributed by atoms with Gasteiger partial charge in [0.05, 0.1) is 5.56 Å². The number of halogens is 3. The predicted octanol–water partition coefficient (Wildman–Crippen LogP) is 4.44. The molecule has 3 aromatic heterocycles. The van der Waals surface area contributed by atoms with E-state index in [1.165, 1.54) is 23.0 Å². The van der Waals surface area contributed by atoms with Crippen molar-refractivity contribution in [1.82, 2.24) is 15.2 Å². The minimum atomic E-state index is -4.51. The molecule has 0 saturated heterocycles. The van der Waals surface area contributed by atoms with Crippen LogP contribution in [0.5, 0.6) is 0 Å². The minimum absolute atomic E-state index is 0.0112. The highest BCUT2D eigenvalue weighted by molar-refractivity contribution is 5.98. The molecule has 0 aliphatic rings. The number of hydrogen-bond acceptors (Lipinski definition) is 5. The van der Waals surface area contributed by atoms with Gasteiger partial charge in [-0.3, -0.25) is 19.8 Å². The summed E-state index contributed by atoms with van der Waals surface area (Å²) in [6.45, 7) is 2.21. The largest absolute Gasteiger partial charge is 0.416 e. The van der Waals surface area contributed by atoms with E-state index >= 15 is 0 Å². The highest BCUT2D eigenvalue weighted by atomic mass is 19.4. The molecule has 0 unspecified atom stereocenters. The Morgan fingerprint density at radius 3 is 2.67 bits per heavy atom. The summed E-state index contributed by atoms with van der Waals surface area (Å²) in [5.41, 5.74) is 2.65. The van der Waals surface area contributed by atoms with Crippen LogP contribution in [0.15, 0.2) is 71.6 Å². The average molecular weight is 455 g/mol. The number of urea groups is 1. The number of pyridine rings is 2. The van der Waals surface area contributed by atoms with Crippen molar-refractivity contribution < 1.29 is 27.2 Å². The Morgan fingerprint density at radius 1 is 1.09 bits per heavy atom. The molecule has 0 aliphatic carbocycles. The summed E-state index contributed by atoms with van der Waals surface area (Å²) >= 11 is 0. The maximum Gasteiger partial charge on any atom is 0.416 e. The fourth-order valence-corrected chi connectivity index (χ4v) is 3.09. The third kappa shape index (κ3) is 5.50. The Balaban J connectivity index is 1.36. The quantitative estimate of drug-likeness (QED) is 0.434. The normalized spacial score (nSPS) is 11.3. The number of hydrogen-bond donors (Lipinski definition) is 2. The first-order valence-electron chi connectivity index (χ1n) is 9.76. The number of benzene rings is 1. The maximum atomic E-state index is 12.8. The van der Waals surface area contributed by atoms with Crippen molar-refractivity contribution >= 4 is 17.6 Å². The molecule has 0 saturated carbocycles. The molecule has 168 valence electrons. The molecule has 3 heterocycles. The van der Waals surface area contributed by atoms with Gasteiger partial charge >= 0.3 is 18.1 Å². The van der Waals surface area contributed by atoms with Gasteiger partial charge in [-0.25, -0.2) is 4.79 Å². The molecule has 4 rings (SSSR count). The monoisotopic (exact) mass is 455 g/mol. The van der Waals surface area contributed by atoms with Crippen LogP contribution in [-0.4, -0.2) is 21.3 Å². The number of nitrogens with zero attached hydrogens (tertiary/aromatic N) is 4. The van der Waals surface area contributed by atoms with Crippen LogP contribution in [0.1, 0.15) is 17.0 Å². The van der Waals surface area contributed by atoms with Crippen LogP contribution in [0, 0.1) is 6.92 Å². The summed E-state index contributed by atoms with van der Waals surface area (Å²) in [7, 11) is 0. The zero-order valence-electron chi connectivity index (χ0n) is 17.3. The van der Waals surface area contributed by atoms with Crippen molar-refractivity contribution in [3.05, 3.63) is 84.1 Å². The Hall–Kier alpha value is -4.28. The second-order valence-corrected chi connectivity index (χ2v) is 7.10. The molecule has 0 aliphatic heterocycles. The van der Waals surface area contributed by atoms with Crippen molar-refractivity contribution in [3.8, 4) is 11.1 Å². The van der Waals surface area contributed by atoms with Crippen molar-refractivity contribution in [2.24, 2.45) is 0 Å². The SMILES string of the molecule is Cc1ncccc1-c1ccc(C[n+]2cc(NC(=O)Nc3cccc(C(F)(F)F)c3)on2)nc1. The Kier molecular flexibility index (Phi) is 6.03. The van der Waals surface area contributed by atoms with Gasteiger partial charge in [0.1, 0.15) is 5.69 Å². The van der Waals surface area contributed by atoms with Crippen LogP contribution < -0.4 is 15.3 Å². The summed E-state index contributed by atoms with van der Waals surface area (Å²) in [5, 5.41) is 8.52. The van der Waals surface area contributed by atoms with Crippen LogP contribution in [0.3, 0.4) is 0 Å². The van der Waals surface area contributed by atoms with E-state index in [4.69, 9.17) is 4.52 Å². The molecule has 8 nitrogen and oxygen atoms in total. The van der Waals surface area contributed by atoms with E-state index in [0.29, 0.717) is 5.69 Å². The second-order valence-electron chi connectivity index (χ2n) is 7.10. The molecule has 11 heteroatoms. The highest BCUT2D eigenvalue weighted by Gasteiger charge is 2.30. The Morgan fingerprint density at radius 2 is 1.94 bits per heavy atom. The number of carbonyl (C=O) groups is 1. The summed E-state index contributed by atoms with van der Waals surface area (Å²) in [6, 6.07) is 11.1. The van der Waals surface area contributed by atoms with Crippen molar-refractivity contribution in [3.63, 3.8) is 0 Å². The van der Waals surface area contributed by atoms with E-state index < -0.39 is 17.8 Å². The number of carbonyl (C=O) groups excluding carboxylic acids is 1. The first-order chi connectivity index (χ1) is 15.8. The molecule has 0 fully saturated rings. The molecular weight excluding hydrogens is 437 g/mol. The summed E-state index contributed by atoms with van der Waals surface area (Å²) in [4.78, 5) is 20.8. The second kappa shape index (κ2) is 9.07. The molecule has 4 aromatic rings. The third-order valence-corrected chi connectivity index (χ3v) is 4.66. The fraction of sp³-hybridized carbons (Fsp3) is 0.136. The molecule has 0 spiro atoms. The summed E-state index contributed by atoms with van der Waals surface area (Å²) < 4.78 is 44.9. The zero-order chi connectivity index (χ0) is 23.4. The molecule has 0 radical (unpaired) electrons. The lowest BCUT2D eigenvalue weighted by molar-refractivity contribution is -0.755. The Labute approximate surface area is 186 Å². The van der Waals surface area contributed by atoms with E-state index in [1.807, 2.05) is 31.2 Å². The van der Waals surface area contributed by atoms with Crippen LogP contribution in [-0.2, 0) is 12.7 Å². The summed E-state index contributed by atoms with van der Waals surface area (Å²) in [5.74, 6) is 0.0158. The molecule has 0 bridgehead atoms. The van der Waals surface area contributed by atoms with Gasteiger partial charge in [0.2, 0.25) is 11.8 Å². The van der Waals surface area contributed by atoms with E-state index in [0.717, 1.165) is 29.0 Å². The number of amides is 2. The van der Waals surface area contributed by atoms with Crippen LogP contribution >= 0.6 is 0 Å². The van der Waals surface area contributed by atoms with Crippen molar-refractivity contribution in [2.45, 2.75) is 19.6 Å². The number of anilines is 2. The van der Waals surface area contributed by atoms with Gasteiger partial charge in [-0.2, -0.15) is 13.2 Å². The van der Waals surface area contributed by atoms with Gasteiger partial charge in [0.15, 0.2) is 0 Å². The third-order valence-electron chi connectivity index (χ3n) is 4.66. The lowest BCUT2D eigenvalue weighted by Gasteiger charge is -2.09. The van der Waals surface area contributed by atoms with Crippen molar-refractivity contribution in [2.75, 3.05) is 10.6 Å². The predicted molar refractivity (Wildman–Crippen MR) is 112 cm³/mol. The molecule has 2 amide bonds. The molecular formula is C22H18F3N6O2+. The van der Waals surface area contributed by atoms with Crippen molar-refractivity contribution in [1.29, 1.82) is 0 Å². The maximum absolute atomic E-state index is 12.8. The van der Waals surface area contributed by atoms with Gasteiger partial charge < -0.3 is 5.32 Å². The van der Waals surface area contributed by atoms with Crippen LogP contribution in [0.2, 0.25) is 0 Å². The fourth-order valence-electron chi connectivity index (χ4n) is 3.09. The summed E-state index contributed by atoms with van der Waals surface area (Å²) in [6.07, 6.45) is 0.398. The molecule has 33 heavy (non-hydrogen) atoms. The van der Waals surface area contributed by atoms with Gasteiger partial charge in [0, 0.05) is 34.9 Å². The first kappa shape index (κ1) is 21.9. The van der Waals surface area contributed by atoms with Gasteiger partial charge in [-0.15, -0.1) is 0 Å². The van der Waals surface area contributed by atoms with E-state index in [9.17, 15) is 18.0 Å². The van der Waals surface area contributed by atoms with Crippen LogP contribution in [0.25, 0.3) is 11.1 Å². The Bertz CT molecular complexity index is 1270. The topological polar surface area (TPSA) is 96.8 Å². The lowest BCUT2D eigenvalue weighted by atomic mass is 10.1. The van der Waals surface area contributed by atoms with E-state index in [1.54, 1.807) is 12.4 Å². The number of nitrogens with one attached hydrogen (secondary N) is 2. The zero-order valence-corrected chi connectivity index (χ0v) is 17.3. The molecule has 0 atom stereocenters. The number of rotatable bonds is 5. The first-order valence-corrected chi connectivity index (χ1v) is 9.76. The van der Waals surface area contributed by atoms with E-state index in [2.05, 4.69) is 25.9 Å². The van der Waals surface area contributed by atoms with Crippen LogP contribution in [0.4, 0.5) is 29.5 Å². The minimum Gasteiger partial charge on any atom is -0.308 e. The number of aromatic nitrogens is 4. The standard InChI is InChI=1S/C22H17F3N6O2/c1-14-19(6-3-9-26-14)15-7-8-18(27-11-15)12-31-13-20(33-30-31)29-21(32)28-17-5-2-4-16(10-17)22(23,24)25/h2-11,13H,12H2,1H3,(H-,28,29,30,32)/p+1. The highest BCUT2D eigenvalue weighted by Crippen LogP contribution is 2.30.